The van der Waals surface area contributed by atoms with Gasteiger partial charge in [0, 0.05) is 31.3 Å². The number of aromatic nitrogens is 4. The van der Waals surface area contributed by atoms with Crippen molar-refractivity contribution in [1.29, 1.82) is 0 Å². The zero-order valence-electron chi connectivity index (χ0n) is 17.3. The van der Waals surface area contributed by atoms with Crippen LogP contribution in [0, 0.1) is 0 Å². The largest absolute Gasteiger partial charge is 0.368 e. The predicted octanol–water partition coefficient (Wildman–Crippen LogP) is 0.993. The Morgan fingerprint density at radius 3 is 2.50 bits per heavy atom. The van der Waals surface area contributed by atoms with Crippen LogP contribution in [0.5, 0.6) is 0 Å². The van der Waals surface area contributed by atoms with Crippen molar-refractivity contribution in [1.82, 2.24) is 25.1 Å². The van der Waals surface area contributed by atoms with E-state index in [1.54, 1.807) is 31.3 Å². The molecule has 0 fully saturated rings. The summed E-state index contributed by atoms with van der Waals surface area (Å²) in [5.41, 5.74) is 8.57. The molecule has 4 rings (SSSR count). The predicted molar refractivity (Wildman–Crippen MR) is 118 cm³/mol. The standard InChI is InChI=1S/C21H21N7O3S/c1-27-21(24-25-26-27)32-12-18(29)23-16-8-6-13(7-9-16)20(31)28-11-15-5-3-2-4-14(15)10-17(28)19(22)30/h2-9,17H,10-12H2,1H3,(H2,22,30)(H,23,29)/t17-/m1/s1. The van der Waals surface area contributed by atoms with E-state index in [1.165, 1.54) is 21.3 Å². The van der Waals surface area contributed by atoms with Crippen LogP contribution < -0.4 is 11.1 Å². The minimum atomic E-state index is -0.705. The van der Waals surface area contributed by atoms with Gasteiger partial charge in [0.05, 0.1) is 5.75 Å². The minimum Gasteiger partial charge on any atom is -0.368 e. The maximum atomic E-state index is 13.1. The van der Waals surface area contributed by atoms with Gasteiger partial charge in [-0.05, 0) is 45.8 Å². The highest BCUT2D eigenvalue weighted by molar-refractivity contribution is 7.99. The summed E-state index contributed by atoms with van der Waals surface area (Å²) in [4.78, 5) is 38.8. The third kappa shape index (κ3) is 4.62. The van der Waals surface area contributed by atoms with Crippen LogP contribution in [0.25, 0.3) is 0 Å². The number of anilines is 1. The maximum absolute atomic E-state index is 13.1. The number of rotatable bonds is 6. The molecule has 164 valence electrons. The van der Waals surface area contributed by atoms with E-state index in [-0.39, 0.29) is 17.6 Å². The van der Waals surface area contributed by atoms with Crippen LogP contribution in [-0.4, -0.2) is 54.6 Å². The molecule has 3 aromatic rings. The molecule has 10 nitrogen and oxygen atoms in total. The molecule has 0 radical (unpaired) electrons. The molecule has 3 N–H and O–H groups in total. The Kier molecular flexibility index (Phi) is 6.17. The second-order valence-electron chi connectivity index (χ2n) is 7.32. The third-order valence-corrected chi connectivity index (χ3v) is 6.18. The monoisotopic (exact) mass is 451 g/mol. The zero-order chi connectivity index (χ0) is 22.7. The fourth-order valence-electron chi connectivity index (χ4n) is 3.52. The van der Waals surface area contributed by atoms with Crippen LogP contribution >= 0.6 is 11.8 Å². The van der Waals surface area contributed by atoms with Crippen molar-refractivity contribution < 1.29 is 14.4 Å². The number of carbonyl (C=O) groups excluding carboxylic acids is 3. The van der Waals surface area contributed by atoms with E-state index in [0.29, 0.717) is 29.4 Å². The lowest BCUT2D eigenvalue weighted by molar-refractivity contribution is -0.123. The van der Waals surface area contributed by atoms with Crippen molar-refractivity contribution >= 4 is 35.2 Å². The smallest absolute Gasteiger partial charge is 0.254 e. The van der Waals surface area contributed by atoms with Crippen LogP contribution in [-0.2, 0) is 29.6 Å². The van der Waals surface area contributed by atoms with Gasteiger partial charge in [-0.3, -0.25) is 14.4 Å². The van der Waals surface area contributed by atoms with E-state index in [1.807, 2.05) is 24.3 Å². The normalized spacial score (nSPS) is 15.2. The van der Waals surface area contributed by atoms with Gasteiger partial charge in [-0.25, -0.2) is 4.68 Å². The first kappa shape index (κ1) is 21.5. The minimum absolute atomic E-state index is 0.141. The van der Waals surface area contributed by atoms with Gasteiger partial charge in [-0.2, -0.15) is 0 Å². The number of nitrogens with zero attached hydrogens (tertiary/aromatic N) is 5. The number of hydrogen-bond acceptors (Lipinski definition) is 7. The van der Waals surface area contributed by atoms with Crippen molar-refractivity contribution in [3.8, 4) is 0 Å². The molecule has 0 spiro atoms. The molecule has 0 saturated carbocycles. The number of nitrogens with one attached hydrogen (secondary N) is 1. The Bertz CT molecular complexity index is 1160. The van der Waals surface area contributed by atoms with E-state index in [0.717, 1.165) is 11.1 Å². The van der Waals surface area contributed by atoms with Gasteiger partial charge in [0.2, 0.25) is 17.0 Å². The SMILES string of the molecule is Cn1nnnc1SCC(=O)Nc1ccc(C(=O)N2Cc3ccccc3C[C@@H]2C(N)=O)cc1. The first-order valence-corrected chi connectivity index (χ1v) is 10.8. The van der Waals surface area contributed by atoms with Crippen molar-refractivity contribution in [3.05, 3.63) is 65.2 Å². The maximum Gasteiger partial charge on any atom is 0.254 e. The van der Waals surface area contributed by atoms with Crippen molar-refractivity contribution in [3.63, 3.8) is 0 Å². The third-order valence-electron chi connectivity index (χ3n) is 5.17. The van der Waals surface area contributed by atoms with Crippen molar-refractivity contribution in [2.75, 3.05) is 11.1 Å². The Balaban J connectivity index is 1.41. The second-order valence-corrected chi connectivity index (χ2v) is 8.27. The second kappa shape index (κ2) is 9.18. The number of nitrogens with two attached hydrogens (primary N) is 1. The summed E-state index contributed by atoms with van der Waals surface area (Å²) in [6.07, 6.45) is 0.393. The summed E-state index contributed by atoms with van der Waals surface area (Å²) in [5.74, 6) is -0.903. The lowest BCUT2D eigenvalue weighted by Gasteiger charge is -2.35. The molecule has 32 heavy (non-hydrogen) atoms. The van der Waals surface area contributed by atoms with Gasteiger partial charge in [0.15, 0.2) is 0 Å². The summed E-state index contributed by atoms with van der Waals surface area (Å²) in [6.45, 7) is 0.315. The van der Waals surface area contributed by atoms with E-state index in [2.05, 4.69) is 20.8 Å². The molecule has 1 atom stereocenters. The summed E-state index contributed by atoms with van der Waals surface area (Å²) < 4.78 is 1.48. The Hall–Kier alpha value is -3.73. The summed E-state index contributed by atoms with van der Waals surface area (Å²) >= 11 is 1.22. The molecule has 11 heteroatoms. The number of hydrogen-bond donors (Lipinski definition) is 2. The topological polar surface area (TPSA) is 136 Å². The zero-order valence-corrected chi connectivity index (χ0v) is 18.1. The van der Waals surface area contributed by atoms with E-state index < -0.39 is 11.9 Å². The van der Waals surface area contributed by atoms with E-state index in [4.69, 9.17) is 5.73 Å². The lowest BCUT2D eigenvalue weighted by Crippen LogP contribution is -2.51. The Labute approximate surface area is 188 Å². The molecule has 0 bridgehead atoms. The average Bonchev–Trinajstić information content (AvgIpc) is 3.21. The molecule has 1 aliphatic rings. The van der Waals surface area contributed by atoms with Gasteiger partial charge in [-0.15, -0.1) is 5.10 Å². The van der Waals surface area contributed by atoms with Crippen LogP contribution in [0.4, 0.5) is 5.69 Å². The lowest BCUT2D eigenvalue weighted by atomic mass is 9.93. The molecular formula is C21H21N7O3S. The number of aryl methyl sites for hydroxylation is 1. The number of fused-ring (bicyclic) bond motifs is 1. The van der Waals surface area contributed by atoms with Gasteiger partial charge >= 0.3 is 0 Å². The summed E-state index contributed by atoms with van der Waals surface area (Å²) in [6, 6.07) is 13.5. The summed E-state index contributed by atoms with van der Waals surface area (Å²) in [5, 5.41) is 14.4. The Morgan fingerprint density at radius 2 is 1.84 bits per heavy atom. The fraction of sp³-hybridized carbons (Fsp3) is 0.238. The molecule has 1 aromatic heterocycles. The highest BCUT2D eigenvalue weighted by Gasteiger charge is 2.33. The van der Waals surface area contributed by atoms with Gasteiger partial charge in [0.25, 0.3) is 5.91 Å². The highest BCUT2D eigenvalue weighted by Crippen LogP contribution is 2.25. The van der Waals surface area contributed by atoms with Crippen molar-refractivity contribution in [2.45, 2.75) is 24.2 Å². The molecule has 3 amide bonds. The van der Waals surface area contributed by atoms with E-state index >= 15 is 0 Å². The summed E-state index contributed by atoms with van der Waals surface area (Å²) in [7, 11) is 1.69. The van der Waals surface area contributed by atoms with E-state index in [9.17, 15) is 14.4 Å². The number of tetrazole rings is 1. The highest BCUT2D eigenvalue weighted by atomic mass is 32.2. The van der Waals surface area contributed by atoms with Crippen LogP contribution in [0.2, 0.25) is 0 Å². The Morgan fingerprint density at radius 1 is 1.12 bits per heavy atom. The van der Waals surface area contributed by atoms with Crippen molar-refractivity contribution in [2.24, 2.45) is 12.8 Å². The number of thioether (sulfide) groups is 1. The van der Waals surface area contributed by atoms with Crippen LogP contribution in [0.3, 0.4) is 0 Å². The molecule has 2 heterocycles. The van der Waals surface area contributed by atoms with Gasteiger partial charge in [-0.1, -0.05) is 36.0 Å². The first-order valence-electron chi connectivity index (χ1n) is 9.84. The molecule has 0 unspecified atom stereocenters. The fourth-order valence-corrected chi connectivity index (χ4v) is 4.17. The molecule has 0 aliphatic carbocycles. The number of amides is 3. The molecule has 1 aliphatic heterocycles. The van der Waals surface area contributed by atoms with Crippen LogP contribution in [0.1, 0.15) is 21.5 Å². The van der Waals surface area contributed by atoms with Crippen LogP contribution in [0.15, 0.2) is 53.7 Å². The van der Waals surface area contributed by atoms with Gasteiger partial charge < -0.3 is 16.0 Å². The van der Waals surface area contributed by atoms with Gasteiger partial charge in [0.1, 0.15) is 6.04 Å². The number of primary amides is 1. The quantitative estimate of drug-likeness (QED) is 0.534. The average molecular weight is 452 g/mol. The molecule has 0 saturated heterocycles. The number of benzene rings is 2. The molecular weight excluding hydrogens is 430 g/mol. The first-order chi connectivity index (χ1) is 15.4. The number of carbonyl (C=O) groups is 3. The molecule has 2 aromatic carbocycles.